The number of aliphatic hydroxyl groups is 1. The van der Waals surface area contributed by atoms with Crippen molar-refractivity contribution in [1.29, 1.82) is 0 Å². The Hall–Kier alpha value is -16.4. The molecule has 39 heteroatoms. The lowest BCUT2D eigenvalue weighted by atomic mass is 9.99. The number of hydrogen-bond acceptors (Lipinski definition) is 22. The molecule has 4 aliphatic heterocycles. The van der Waals surface area contributed by atoms with E-state index in [1.807, 2.05) is 173 Å². The fourth-order valence-electron chi connectivity index (χ4n) is 15.4. The van der Waals surface area contributed by atoms with Gasteiger partial charge < -0.3 is 30.9 Å². The quantitative estimate of drug-likeness (QED) is 0.0170. The summed E-state index contributed by atoms with van der Waals surface area (Å²) < 4.78 is 74.1. The van der Waals surface area contributed by atoms with E-state index in [1.165, 1.54) is 33.6 Å². The third kappa shape index (κ3) is 23.6. The Morgan fingerprint density at radius 3 is 1.00 bits per heavy atom. The minimum absolute atomic E-state index is 0.0695. The monoisotopic (exact) mass is 1860 g/mol. The lowest BCUT2D eigenvalue weighted by Crippen LogP contribution is -2.43. The fourth-order valence-corrected chi connectivity index (χ4v) is 15.4. The lowest BCUT2D eigenvalue weighted by Gasteiger charge is -2.29. The van der Waals surface area contributed by atoms with Crippen molar-refractivity contribution >= 4 is 106 Å². The first-order valence-electron chi connectivity index (χ1n) is 44.2. The first-order chi connectivity index (χ1) is 66.4. The Balaban J connectivity index is 0.000000139. The van der Waals surface area contributed by atoms with Crippen LogP contribution in [-0.4, -0.2) is 183 Å². The smallest absolute Gasteiger partial charge is 0.264 e. The third-order valence-electron chi connectivity index (χ3n) is 22.8. The number of aryl methyl sites for hydroxylation is 4. The number of piperidine rings is 2. The van der Waals surface area contributed by atoms with Crippen LogP contribution in [0, 0.1) is 68.6 Å². The van der Waals surface area contributed by atoms with Crippen LogP contribution in [0.15, 0.2) is 237 Å². The number of hydrogen-bond donors (Lipinski definition) is 12. The van der Waals surface area contributed by atoms with Gasteiger partial charge in [0.25, 0.3) is 59.2 Å². The van der Waals surface area contributed by atoms with Crippen LogP contribution < -0.4 is 68.3 Å². The van der Waals surface area contributed by atoms with Gasteiger partial charge in [-0.3, -0.25) is 80.9 Å². The molecule has 0 bridgehead atoms. The molecule has 12 N–H and O–H groups in total. The van der Waals surface area contributed by atoms with Crippen molar-refractivity contribution in [2.45, 2.75) is 65.9 Å². The number of para-hydroxylation sites is 2. The molecule has 18 rings (SSSR count). The Bertz CT molecular complexity index is 6450. The number of benzene rings is 10. The number of amides is 8. The third-order valence-corrected chi connectivity index (χ3v) is 22.8. The van der Waals surface area contributed by atoms with Crippen LogP contribution >= 0.6 is 0 Å². The maximum Gasteiger partial charge on any atom is 0.264 e. The van der Waals surface area contributed by atoms with Gasteiger partial charge in [0, 0.05) is 91.6 Å². The highest BCUT2D eigenvalue weighted by molar-refractivity contribution is 6.08. The molecule has 4 saturated heterocycles. The molecule has 10 aromatic carbocycles. The van der Waals surface area contributed by atoms with E-state index >= 15 is 0 Å². The fraction of sp³-hybridized carbons (Fsp3) is 0.224. The summed E-state index contributed by atoms with van der Waals surface area (Å²) in [5, 5.41) is 58.5. The highest BCUT2D eigenvalue weighted by Gasteiger charge is 2.33. The Morgan fingerprint density at radius 1 is 0.314 bits per heavy atom. The van der Waals surface area contributed by atoms with E-state index in [0.29, 0.717) is 64.9 Å². The molecule has 0 saturated carbocycles. The van der Waals surface area contributed by atoms with E-state index in [1.54, 1.807) is 77.5 Å². The maximum absolute atomic E-state index is 14.1. The highest BCUT2D eigenvalue weighted by atomic mass is 19.2. The Morgan fingerprint density at radius 2 is 0.628 bits per heavy atom. The zero-order valence-corrected chi connectivity index (χ0v) is 74.7. The van der Waals surface area contributed by atoms with Crippen LogP contribution in [0.4, 0.5) is 80.9 Å². The molecule has 702 valence electrons. The number of aliphatic hydroxyl groups excluding tert-OH is 1. The zero-order valence-electron chi connectivity index (χ0n) is 74.7. The van der Waals surface area contributed by atoms with Crippen molar-refractivity contribution in [2.75, 3.05) is 118 Å². The molecule has 0 radical (unpaired) electrons. The van der Waals surface area contributed by atoms with Crippen LogP contribution in [0.3, 0.4) is 0 Å². The van der Waals surface area contributed by atoms with Crippen LogP contribution in [0.25, 0.3) is 22.7 Å². The van der Waals surface area contributed by atoms with Gasteiger partial charge in [-0.25, -0.2) is 22.0 Å². The van der Waals surface area contributed by atoms with Gasteiger partial charge in [-0.2, -0.15) is 38.7 Å². The molecule has 4 aliphatic rings. The molecule has 4 aromatic heterocycles. The van der Waals surface area contributed by atoms with E-state index in [4.69, 9.17) is 0 Å². The summed E-state index contributed by atoms with van der Waals surface area (Å²) in [6.07, 6.45) is 4.05. The number of aromatic nitrogens is 12. The maximum atomic E-state index is 14.1. The molecule has 4 fully saturated rings. The van der Waals surface area contributed by atoms with Gasteiger partial charge in [0.05, 0.1) is 40.7 Å². The van der Waals surface area contributed by atoms with E-state index in [0.717, 1.165) is 122 Å². The molecule has 8 amide bonds. The molecule has 34 nitrogen and oxygen atoms in total. The predicted molar refractivity (Wildman–Crippen MR) is 507 cm³/mol. The number of halogens is 5. The summed E-state index contributed by atoms with van der Waals surface area (Å²) in [6, 6.07) is 70.1. The molecule has 8 heterocycles. The van der Waals surface area contributed by atoms with Crippen molar-refractivity contribution in [3.05, 3.63) is 321 Å². The van der Waals surface area contributed by atoms with Crippen molar-refractivity contribution < 1.29 is 65.4 Å². The highest BCUT2D eigenvalue weighted by Crippen LogP contribution is 2.31. The van der Waals surface area contributed by atoms with Crippen LogP contribution in [0.5, 0.6) is 0 Å². The second-order valence-electron chi connectivity index (χ2n) is 32.4. The van der Waals surface area contributed by atoms with Crippen molar-refractivity contribution in [1.82, 2.24) is 75.0 Å². The second-order valence-corrected chi connectivity index (χ2v) is 32.4. The zero-order chi connectivity index (χ0) is 96.2. The topological polar surface area (TPSA) is 418 Å². The summed E-state index contributed by atoms with van der Waals surface area (Å²) >= 11 is 0. The lowest BCUT2D eigenvalue weighted by molar-refractivity contribution is -0.121. The Labute approximate surface area is 782 Å². The van der Waals surface area contributed by atoms with Gasteiger partial charge in [0.2, 0.25) is 41.4 Å². The first kappa shape index (κ1) is 95.2. The average Bonchev–Trinajstić information content (AvgIpc) is 1.45. The van der Waals surface area contributed by atoms with Crippen LogP contribution in [-0.2, 0) is 9.59 Å². The largest absolute Gasteiger partial charge is 0.391 e. The van der Waals surface area contributed by atoms with Crippen molar-refractivity contribution in [3.8, 4) is 22.7 Å². The van der Waals surface area contributed by atoms with E-state index in [2.05, 4.69) is 103 Å². The average molecular weight is 1860 g/mol. The summed E-state index contributed by atoms with van der Waals surface area (Å²) in [5.74, 6) is -15.2. The van der Waals surface area contributed by atoms with Gasteiger partial charge in [-0.15, -0.1) is 20.4 Å². The van der Waals surface area contributed by atoms with E-state index in [-0.39, 0.29) is 94.6 Å². The molecule has 14 aromatic rings. The number of β-amino-alcohol motifs (C(OH)–C–C–N with tert-alkyl or cyclic N) is 1. The van der Waals surface area contributed by atoms with Crippen LogP contribution in [0.2, 0.25) is 0 Å². The van der Waals surface area contributed by atoms with E-state index in [9.17, 15) is 65.4 Å². The molecular formula is C98H96F5N25O9. The SMILES string of the molecule is Cc1ccccc1C(=O)Nc1nc(NC(=O)c2ccccc2C)n(-c2ccc(N3CCC(O)C3)cc2)n1.Cc1ccccc1C(=O)Nc1nc(NC(=O)c2ccccc2C)n(-c2ccc(N3CCNCC3)cc2)n1.O=C(Nc1nc(NC(=O)C2CCCNC2)n(-c2ccccc2)n1)C1CCCNC1.O=C(Nc1nc(NC(=O)c2c(F)c(F)c(F)c(F)c2F)n(-c2ccccc2)n1)c1ccccc1. The van der Waals surface area contributed by atoms with Crippen LogP contribution in [0.1, 0.15) is 117 Å². The normalized spacial score (nSPS) is 15.0. The minimum Gasteiger partial charge on any atom is -0.391 e. The molecule has 0 aliphatic carbocycles. The number of carbonyl (C=O) groups excluding carboxylic acids is 8. The first-order valence-corrected chi connectivity index (χ1v) is 44.2. The summed E-state index contributed by atoms with van der Waals surface area (Å²) in [6.45, 7) is 15.8. The molecule has 3 atom stereocenters. The number of carbonyl (C=O) groups is 8. The number of piperazine rings is 1. The number of anilines is 10. The minimum atomic E-state index is -2.40. The Kier molecular flexibility index (Phi) is 30.9. The van der Waals surface area contributed by atoms with Crippen molar-refractivity contribution in [3.63, 3.8) is 0 Å². The van der Waals surface area contributed by atoms with Gasteiger partial charge >= 0.3 is 0 Å². The molecule has 3 unspecified atom stereocenters. The van der Waals surface area contributed by atoms with E-state index < -0.39 is 52.4 Å². The van der Waals surface area contributed by atoms with Crippen molar-refractivity contribution in [2.24, 2.45) is 11.8 Å². The molecule has 0 spiro atoms. The molecular weight excluding hydrogens is 1770 g/mol. The number of nitrogens with zero attached hydrogens (tertiary/aromatic N) is 14. The number of nitrogens with one attached hydrogen (secondary N) is 11. The summed E-state index contributed by atoms with van der Waals surface area (Å²) in [7, 11) is 0. The van der Waals surface area contributed by atoms with Gasteiger partial charge in [-0.1, -0.05) is 127 Å². The second kappa shape index (κ2) is 44.4. The summed E-state index contributed by atoms with van der Waals surface area (Å²) in [4.78, 5) is 124. The predicted octanol–water partition coefficient (Wildman–Crippen LogP) is 13.4. The summed E-state index contributed by atoms with van der Waals surface area (Å²) in [5.41, 5.74) is 8.56. The van der Waals surface area contributed by atoms with Gasteiger partial charge in [-0.05, 0) is 204 Å². The number of rotatable bonds is 22. The molecule has 137 heavy (non-hydrogen) atoms. The van der Waals surface area contributed by atoms with Gasteiger partial charge in [0.1, 0.15) is 5.56 Å². The standard InChI is InChI=1S/C28H29N7O2.C28H28N6O3.C22H12F5N5O2.C20H27N7O2/c1-19-7-3-5-9-23(19)25(36)30-27-32-28(31-26(37)24-10-6-4-8-20(24)2)35(33-27)22-13-11-21(12-14-22)34-17-15-29-16-18-34;1-18-7-3-5-9-23(18)25(36)29-27-31-28(30-26(37)24-10-6-4-8-19(24)2)34(32-27)21-13-11-20(12-14-21)33-16-15-22(35)17-33;23-14-13(15(24)17(26)18(27)16(14)25)20(34)29-22-30-21(28-19(33)11-7-3-1-4-8-11)31-32(22)12-9-5-2-6-10-12;28-17(14-6-4-10-21-12-14)23-19-25-20(24-18(29)15-7-5-11-22-13-15)27(26-19)16-8-2-1-3-9-16/h3-14,29H,15-18H2,1-2H3,(H2,30,31,32,33,36,37);3-14,22,35H,15-17H2,1-2H3,(H2,29,30,31,32,36,37);1-10H,(H2,28,29,30,31,33,34);1-3,8-9,14-15,21-22H,4-7,10-13H2,(H2,23,24,25,26,28,29). The van der Waals surface area contributed by atoms with Gasteiger partial charge in [0.15, 0.2) is 23.3 Å².